The fourth-order valence-corrected chi connectivity index (χ4v) is 2.13. The molecule has 1 aromatic rings. The van der Waals surface area contributed by atoms with E-state index in [9.17, 15) is 14.4 Å². The average Bonchev–Trinajstić information content (AvgIpc) is 2.49. The first-order valence-corrected chi connectivity index (χ1v) is 8.05. The predicted molar refractivity (Wildman–Crippen MR) is 86.3 cm³/mol. The number of amides is 4. The van der Waals surface area contributed by atoms with Gasteiger partial charge in [0.25, 0.3) is 11.8 Å². The van der Waals surface area contributed by atoms with Gasteiger partial charge in [-0.2, -0.15) is 11.8 Å². The van der Waals surface area contributed by atoms with E-state index in [1.165, 1.54) is 11.8 Å². The van der Waals surface area contributed by atoms with Crippen molar-refractivity contribution in [3.05, 3.63) is 35.4 Å². The van der Waals surface area contributed by atoms with Gasteiger partial charge in [0.05, 0.1) is 0 Å². The maximum Gasteiger partial charge on any atom is 0.312 e. The number of aryl methyl sites for hydroxylation is 1. The number of hydrogen-bond acceptors (Lipinski definition) is 4. The molecule has 1 atom stereocenters. The van der Waals surface area contributed by atoms with Crippen LogP contribution in [0.5, 0.6) is 0 Å². The van der Waals surface area contributed by atoms with Crippen LogP contribution in [0.4, 0.5) is 4.79 Å². The van der Waals surface area contributed by atoms with Crippen LogP contribution >= 0.6 is 11.8 Å². The molecule has 8 heteroatoms. The van der Waals surface area contributed by atoms with Gasteiger partial charge >= 0.3 is 6.03 Å². The second-order valence-corrected chi connectivity index (χ2v) is 5.64. The maximum atomic E-state index is 12.0. The lowest BCUT2D eigenvalue weighted by Crippen LogP contribution is -2.53. The van der Waals surface area contributed by atoms with Crippen LogP contribution in [-0.2, 0) is 4.79 Å². The normalized spacial score (nSPS) is 11.4. The summed E-state index contributed by atoms with van der Waals surface area (Å²) in [5.41, 5.74) is 11.1. The van der Waals surface area contributed by atoms with Crippen LogP contribution < -0.4 is 21.9 Å². The lowest BCUT2D eigenvalue weighted by atomic mass is 10.1. The molecule has 0 aliphatic carbocycles. The Balaban J connectivity index is 2.55. The van der Waals surface area contributed by atoms with E-state index in [0.717, 1.165) is 5.56 Å². The van der Waals surface area contributed by atoms with Crippen LogP contribution in [0.3, 0.4) is 0 Å². The number of nitrogens with two attached hydrogens (primary N) is 1. The quantitative estimate of drug-likeness (QED) is 0.572. The summed E-state index contributed by atoms with van der Waals surface area (Å²) < 4.78 is 0. The van der Waals surface area contributed by atoms with Crippen molar-refractivity contribution in [2.24, 2.45) is 5.73 Å². The van der Waals surface area contributed by atoms with Gasteiger partial charge in [0, 0.05) is 5.56 Å². The van der Waals surface area contributed by atoms with Crippen molar-refractivity contribution in [1.82, 2.24) is 16.2 Å². The molecule has 0 unspecified atom stereocenters. The minimum Gasteiger partial charge on any atom is -0.352 e. The summed E-state index contributed by atoms with van der Waals surface area (Å²) in [5.74, 6) is -0.283. The SMILES string of the molecule is CSCC[C@@H](NC(N)=O)C(=O)NNC(=O)c1ccc(C)cc1. The minimum absolute atomic E-state index is 0.413. The summed E-state index contributed by atoms with van der Waals surface area (Å²) in [6.07, 6.45) is 2.30. The zero-order valence-corrected chi connectivity index (χ0v) is 13.3. The number of carbonyl (C=O) groups excluding carboxylic acids is 3. The smallest absolute Gasteiger partial charge is 0.312 e. The molecular weight excluding hydrogens is 304 g/mol. The predicted octanol–water partition coefficient (Wildman–Crippen LogP) is 0.546. The van der Waals surface area contributed by atoms with E-state index >= 15 is 0 Å². The van der Waals surface area contributed by atoms with Gasteiger partial charge in [0.1, 0.15) is 6.04 Å². The van der Waals surface area contributed by atoms with Gasteiger partial charge < -0.3 is 11.1 Å². The Labute approximate surface area is 133 Å². The van der Waals surface area contributed by atoms with Crippen molar-refractivity contribution in [3.8, 4) is 0 Å². The van der Waals surface area contributed by atoms with Crippen LogP contribution in [-0.4, -0.2) is 35.9 Å². The Bertz CT molecular complexity index is 533. The molecule has 0 aliphatic heterocycles. The molecular formula is C14H20N4O3S. The molecule has 1 aromatic carbocycles. The van der Waals surface area contributed by atoms with Gasteiger partial charge in [-0.1, -0.05) is 17.7 Å². The topological polar surface area (TPSA) is 113 Å². The highest BCUT2D eigenvalue weighted by Crippen LogP contribution is 2.03. The largest absolute Gasteiger partial charge is 0.352 e. The molecule has 4 amide bonds. The summed E-state index contributed by atoms with van der Waals surface area (Å²) in [6, 6.07) is 5.33. The molecule has 0 heterocycles. The van der Waals surface area contributed by atoms with Gasteiger partial charge in [0.15, 0.2) is 0 Å². The van der Waals surface area contributed by atoms with Gasteiger partial charge in [-0.15, -0.1) is 0 Å². The van der Waals surface area contributed by atoms with Crippen molar-refractivity contribution in [1.29, 1.82) is 0 Å². The highest BCUT2D eigenvalue weighted by molar-refractivity contribution is 7.98. The number of thioether (sulfide) groups is 1. The first-order valence-electron chi connectivity index (χ1n) is 6.65. The van der Waals surface area contributed by atoms with Crippen LogP contribution in [0.2, 0.25) is 0 Å². The number of hydrogen-bond donors (Lipinski definition) is 4. The Morgan fingerprint density at radius 1 is 1.18 bits per heavy atom. The van der Waals surface area contributed by atoms with Gasteiger partial charge in [0.2, 0.25) is 0 Å². The first kappa shape index (κ1) is 17.8. The van der Waals surface area contributed by atoms with Crippen molar-refractivity contribution >= 4 is 29.6 Å². The van der Waals surface area contributed by atoms with Crippen molar-refractivity contribution < 1.29 is 14.4 Å². The Morgan fingerprint density at radius 2 is 1.82 bits per heavy atom. The number of primary amides is 1. The van der Waals surface area contributed by atoms with Crippen LogP contribution in [0.1, 0.15) is 22.3 Å². The molecule has 1 rings (SSSR count). The Morgan fingerprint density at radius 3 is 2.36 bits per heavy atom. The summed E-state index contributed by atoms with van der Waals surface area (Å²) >= 11 is 1.54. The molecule has 120 valence electrons. The minimum atomic E-state index is -0.789. The fraction of sp³-hybridized carbons (Fsp3) is 0.357. The van der Waals surface area contributed by atoms with E-state index in [1.54, 1.807) is 24.3 Å². The van der Waals surface area contributed by atoms with E-state index < -0.39 is 23.9 Å². The number of hydrazine groups is 1. The lowest BCUT2D eigenvalue weighted by Gasteiger charge is -2.17. The summed E-state index contributed by atoms with van der Waals surface area (Å²) in [6.45, 7) is 1.91. The zero-order valence-electron chi connectivity index (χ0n) is 12.5. The van der Waals surface area contributed by atoms with Crippen molar-refractivity contribution in [2.45, 2.75) is 19.4 Å². The third-order valence-corrected chi connectivity index (χ3v) is 3.50. The molecule has 5 N–H and O–H groups in total. The van der Waals surface area contributed by atoms with Crippen LogP contribution in [0, 0.1) is 6.92 Å². The van der Waals surface area contributed by atoms with Gasteiger partial charge in [-0.3, -0.25) is 20.4 Å². The molecule has 7 nitrogen and oxygen atoms in total. The Kier molecular flexibility index (Phi) is 7.24. The van der Waals surface area contributed by atoms with Crippen LogP contribution in [0.25, 0.3) is 0 Å². The lowest BCUT2D eigenvalue weighted by molar-refractivity contribution is -0.123. The summed E-state index contributed by atoms with van der Waals surface area (Å²) in [7, 11) is 0. The molecule has 0 bridgehead atoms. The van der Waals surface area contributed by atoms with Crippen molar-refractivity contribution in [3.63, 3.8) is 0 Å². The highest BCUT2D eigenvalue weighted by Gasteiger charge is 2.19. The second kappa shape index (κ2) is 8.93. The second-order valence-electron chi connectivity index (χ2n) is 4.65. The molecule has 0 aromatic heterocycles. The monoisotopic (exact) mass is 324 g/mol. The molecule has 0 radical (unpaired) electrons. The third kappa shape index (κ3) is 6.04. The third-order valence-electron chi connectivity index (χ3n) is 2.86. The average molecular weight is 324 g/mol. The standard InChI is InChI=1S/C14H20N4O3S/c1-9-3-5-10(6-4-9)12(19)17-18-13(20)11(7-8-22-2)16-14(15)21/h3-6,11H,7-8H2,1-2H3,(H,17,19)(H,18,20)(H3,15,16,21)/t11-/m1/s1. The molecule has 22 heavy (non-hydrogen) atoms. The van der Waals surface area contributed by atoms with Gasteiger partial charge in [-0.25, -0.2) is 4.79 Å². The molecule has 0 saturated carbocycles. The van der Waals surface area contributed by atoms with E-state index in [1.807, 2.05) is 13.2 Å². The number of benzene rings is 1. The number of urea groups is 1. The van der Waals surface area contributed by atoms with E-state index in [4.69, 9.17) is 5.73 Å². The fourth-order valence-electron chi connectivity index (χ4n) is 1.66. The van der Waals surface area contributed by atoms with E-state index in [-0.39, 0.29) is 0 Å². The number of carbonyl (C=O) groups is 3. The number of rotatable bonds is 6. The number of nitrogens with one attached hydrogen (secondary N) is 3. The molecule has 0 aliphatic rings. The Hall–Kier alpha value is -2.22. The first-order chi connectivity index (χ1) is 10.4. The molecule has 0 fully saturated rings. The molecule has 0 saturated heterocycles. The van der Waals surface area contributed by atoms with E-state index in [2.05, 4.69) is 16.2 Å². The van der Waals surface area contributed by atoms with Crippen molar-refractivity contribution in [2.75, 3.05) is 12.0 Å². The van der Waals surface area contributed by atoms with E-state index in [0.29, 0.717) is 17.7 Å². The zero-order chi connectivity index (χ0) is 16.5. The maximum absolute atomic E-state index is 12.0. The molecule has 0 spiro atoms. The van der Waals surface area contributed by atoms with Crippen LogP contribution in [0.15, 0.2) is 24.3 Å². The van der Waals surface area contributed by atoms with Gasteiger partial charge in [-0.05, 0) is 37.5 Å². The highest BCUT2D eigenvalue weighted by atomic mass is 32.2. The summed E-state index contributed by atoms with van der Waals surface area (Å²) in [4.78, 5) is 34.8. The summed E-state index contributed by atoms with van der Waals surface area (Å²) in [5, 5.41) is 2.35.